The fourth-order valence-electron chi connectivity index (χ4n) is 2.39. The molecule has 3 rings (SSSR count). The minimum absolute atomic E-state index is 0.0871. The van der Waals surface area contributed by atoms with Gasteiger partial charge in [0, 0.05) is 16.4 Å². The quantitative estimate of drug-likeness (QED) is 0.772. The molecular weight excluding hydrogens is 342 g/mol. The Bertz CT molecular complexity index is 841. The van der Waals surface area contributed by atoms with E-state index in [0.29, 0.717) is 5.69 Å². The van der Waals surface area contributed by atoms with E-state index in [2.05, 4.69) is 26.2 Å². The van der Waals surface area contributed by atoms with E-state index in [4.69, 9.17) is 0 Å². The van der Waals surface area contributed by atoms with Gasteiger partial charge in [0.25, 0.3) is 5.91 Å². The molecule has 0 aliphatic carbocycles. The molecule has 1 unspecified atom stereocenters. The van der Waals surface area contributed by atoms with Crippen molar-refractivity contribution in [3.05, 3.63) is 70.1 Å². The molecule has 1 N–H and O–H groups in total. The zero-order valence-corrected chi connectivity index (χ0v) is 14.0. The number of pyridine rings is 1. The first-order valence-corrected chi connectivity index (χ1v) is 7.85. The lowest BCUT2D eigenvalue weighted by molar-refractivity contribution is 0.0935. The highest BCUT2D eigenvalue weighted by Crippen LogP contribution is 2.18. The monoisotopic (exact) mass is 357 g/mol. The summed E-state index contributed by atoms with van der Waals surface area (Å²) in [5, 5.41) is 2.98. The number of hydrogen-bond acceptors (Lipinski definition) is 2. The average Bonchev–Trinajstić information content (AvgIpc) is 2.93. The largest absolute Gasteiger partial charge is 0.344 e. The Morgan fingerprint density at radius 3 is 2.77 bits per heavy atom. The summed E-state index contributed by atoms with van der Waals surface area (Å²) >= 11 is 3.44. The molecule has 4 nitrogen and oxygen atoms in total. The SMILES string of the molecule is Cc1cccc2nc(C(=O)NC(C)c3cccc(Br)c3)cn12. The van der Waals surface area contributed by atoms with Crippen LogP contribution in [0.1, 0.15) is 34.7 Å². The smallest absolute Gasteiger partial charge is 0.271 e. The summed E-state index contributed by atoms with van der Waals surface area (Å²) in [6.07, 6.45) is 1.77. The van der Waals surface area contributed by atoms with E-state index in [9.17, 15) is 4.79 Å². The number of amides is 1. The van der Waals surface area contributed by atoms with Crippen LogP contribution in [0, 0.1) is 6.92 Å². The van der Waals surface area contributed by atoms with Crippen LogP contribution in [0.25, 0.3) is 5.65 Å². The normalized spacial score (nSPS) is 12.3. The second kappa shape index (κ2) is 5.93. The summed E-state index contributed by atoms with van der Waals surface area (Å²) in [7, 11) is 0. The van der Waals surface area contributed by atoms with Crippen molar-refractivity contribution in [1.82, 2.24) is 14.7 Å². The minimum Gasteiger partial charge on any atom is -0.344 e. The first-order chi connectivity index (χ1) is 10.5. The van der Waals surface area contributed by atoms with Crippen molar-refractivity contribution in [2.45, 2.75) is 19.9 Å². The average molecular weight is 358 g/mol. The number of nitrogens with zero attached hydrogens (tertiary/aromatic N) is 2. The lowest BCUT2D eigenvalue weighted by atomic mass is 10.1. The van der Waals surface area contributed by atoms with Crippen LogP contribution >= 0.6 is 15.9 Å². The highest BCUT2D eigenvalue weighted by Gasteiger charge is 2.15. The van der Waals surface area contributed by atoms with Crippen LogP contribution in [0.3, 0.4) is 0 Å². The Balaban J connectivity index is 1.82. The van der Waals surface area contributed by atoms with Crippen molar-refractivity contribution >= 4 is 27.5 Å². The van der Waals surface area contributed by atoms with Gasteiger partial charge in [-0.1, -0.05) is 34.1 Å². The molecule has 1 amide bonds. The van der Waals surface area contributed by atoms with Crippen molar-refractivity contribution in [2.24, 2.45) is 0 Å². The number of aryl methyl sites for hydroxylation is 1. The Kier molecular flexibility index (Phi) is 3.98. The summed E-state index contributed by atoms with van der Waals surface area (Å²) < 4.78 is 2.91. The van der Waals surface area contributed by atoms with E-state index in [1.165, 1.54) is 0 Å². The van der Waals surface area contributed by atoms with Crippen LogP contribution in [0.4, 0.5) is 0 Å². The summed E-state index contributed by atoms with van der Waals surface area (Å²) in [6, 6.07) is 13.6. The molecule has 2 aromatic heterocycles. The number of nitrogens with one attached hydrogen (secondary N) is 1. The van der Waals surface area contributed by atoms with E-state index in [1.54, 1.807) is 6.20 Å². The second-order valence-electron chi connectivity index (χ2n) is 5.27. The molecule has 0 fully saturated rings. The molecule has 0 radical (unpaired) electrons. The van der Waals surface area contributed by atoms with Gasteiger partial charge < -0.3 is 9.72 Å². The second-order valence-corrected chi connectivity index (χ2v) is 6.19. The van der Waals surface area contributed by atoms with Crippen LogP contribution in [0.15, 0.2) is 53.1 Å². The fourth-order valence-corrected chi connectivity index (χ4v) is 2.80. The number of carbonyl (C=O) groups excluding carboxylic acids is 1. The number of rotatable bonds is 3. The first kappa shape index (κ1) is 14.8. The van der Waals surface area contributed by atoms with Crippen LogP contribution in [-0.2, 0) is 0 Å². The molecule has 0 spiro atoms. The van der Waals surface area contributed by atoms with E-state index < -0.39 is 0 Å². The maximum absolute atomic E-state index is 12.4. The molecule has 2 heterocycles. The van der Waals surface area contributed by atoms with E-state index in [-0.39, 0.29) is 11.9 Å². The Morgan fingerprint density at radius 2 is 2.05 bits per heavy atom. The third-order valence-electron chi connectivity index (χ3n) is 3.62. The van der Waals surface area contributed by atoms with Crippen molar-refractivity contribution in [2.75, 3.05) is 0 Å². The molecule has 0 saturated heterocycles. The van der Waals surface area contributed by atoms with Gasteiger partial charge in [-0.2, -0.15) is 0 Å². The topological polar surface area (TPSA) is 46.4 Å². The molecular formula is C17H16BrN3O. The number of carbonyl (C=O) groups is 1. The van der Waals surface area contributed by atoms with Crippen LogP contribution in [-0.4, -0.2) is 15.3 Å². The molecule has 22 heavy (non-hydrogen) atoms. The Morgan fingerprint density at radius 1 is 1.27 bits per heavy atom. The van der Waals surface area contributed by atoms with Crippen molar-refractivity contribution < 1.29 is 4.79 Å². The van der Waals surface area contributed by atoms with E-state index >= 15 is 0 Å². The third kappa shape index (κ3) is 2.90. The van der Waals surface area contributed by atoms with Gasteiger partial charge in [0.05, 0.1) is 6.04 Å². The lowest BCUT2D eigenvalue weighted by Crippen LogP contribution is -2.26. The summed E-state index contributed by atoms with van der Waals surface area (Å²) in [4.78, 5) is 16.8. The molecule has 0 bridgehead atoms. The number of halogens is 1. The van der Waals surface area contributed by atoms with Crippen LogP contribution < -0.4 is 5.32 Å². The van der Waals surface area contributed by atoms with Crippen molar-refractivity contribution in [1.29, 1.82) is 0 Å². The molecule has 0 aliphatic rings. The number of fused-ring (bicyclic) bond motifs is 1. The maximum atomic E-state index is 12.4. The third-order valence-corrected chi connectivity index (χ3v) is 4.12. The highest BCUT2D eigenvalue weighted by atomic mass is 79.9. The maximum Gasteiger partial charge on any atom is 0.271 e. The predicted molar refractivity (Wildman–Crippen MR) is 90.0 cm³/mol. The van der Waals surface area contributed by atoms with Gasteiger partial charge in [0.1, 0.15) is 11.3 Å². The van der Waals surface area contributed by atoms with Gasteiger partial charge in [0.2, 0.25) is 0 Å². The molecule has 0 saturated carbocycles. The van der Waals surface area contributed by atoms with E-state index in [0.717, 1.165) is 21.4 Å². The number of aromatic nitrogens is 2. The van der Waals surface area contributed by atoms with Gasteiger partial charge >= 0.3 is 0 Å². The van der Waals surface area contributed by atoms with Gasteiger partial charge in [-0.25, -0.2) is 4.98 Å². The molecule has 1 atom stereocenters. The molecule has 0 aliphatic heterocycles. The van der Waals surface area contributed by atoms with Gasteiger partial charge in [-0.15, -0.1) is 0 Å². The highest BCUT2D eigenvalue weighted by molar-refractivity contribution is 9.10. The van der Waals surface area contributed by atoms with Gasteiger partial charge in [0.15, 0.2) is 0 Å². The number of imidazole rings is 1. The minimum atomic E-state index is -0.171. The summed E-state index contributed by atoms with van der Waals surface area (Å²) in [5.74, 6) is -0.171. The van der Waals surface area contributed by atoms with Crippen molar-refractivity contribution in [3.63, 3.8) is 0 Å². The Hall–Kier alpha value is -2.14. The molecule has 112 valence electrons. The zero-order chi connectivity index (χ0) is 15.7. The predicted octanol–water partition coefficient (Wildman–Crippen LogP) is 3.90. The van der Waals surface area contributed by atoms with Crippen LogP contribution in [0.2, 0.25) is 0 Å². The standard InChI is InChI=1S/C17H16BrN3O/c1-11-5-3-8-16-20-15(10-21(11)16)17(22)19-12(2)13-6-4-7-14(18)9-13/h3-10,12H,1-2H3,(H,19,22). The first-order valence-electron chi connectivity index (χ1n) is 7.05. The van der Waals surface area contributed by atoms with Gasteiger partial charge in [-0.3, -0.25) is 4.79 Å². The summed E-state index contributed by atoms with van der Waals surface area (Å²) in [5.41, 5.74) is 3.29. The zero-order valence-electron chi connectivity index (χ0n) is 12.4. The lowest BCUT2D eigenvalue weighted by Gasteiger charge is -2.13. The number of benzene rings is 1. The van der Waals surface area contributed by atoms with E-state index in [1.807, 2.05) is 60.7 Å². The molecule has 3 aromatic rings. The van der Waals surface area contributed by atoms with Crippen LogP contribution in [0.5, 0.6) is 0 Å². The summed E-state index contributed by atoms with van der Waals surface area (Å²) in [6.45, 7) is 3.95. The fraction of sp³-hybridized carbons (Fsp3) is 0.176. The van der Waals surface area contributed by atoms with Gasteiger partial charge in [-0.05, 0) is 43.7 Å². The van der Waals surface area contributed by atoms with Crippen molar-refractivity contribution in [3.8, 4) is 0 Å². The molecule has 1 aromatic carbocycles. The molecule has 5 heteroatoms. The Labute approximate surface area is 137 Å². The number of hydrogen-bond donors (Lipinski definition) is 1.